The first-order valence-electron chi connectivity index (χ1n) is 10.6. The Morgan fingerprint density at radius 1 is 0.885 bits per heavy atom. The van der Waals surface area contributed by atoms with Crippen LogP contribution in [0.15, 0.2) is 36.4 Å². The highest BCUT2D eigenvalue weighted by molar-refractivity contribution is 5.39. The lowest BCUT2D eigenvalue weighted by Crippen LogP contribution is -2.12. The van der Waals surface area contributed by atoms with E-state index in [9.17, 15) is 0 Å². The molecule has 0 saturated heterocycles. The lowest BCUT2D eigenvalue weighted by molar-refractivity contribution is 0.309. The molecular formula is C26H34. The Morgan fingerprint density at radius 3 is 2.31 bits per heavy atom. The third-order valence-electron chi connectivity index (χ3n) is 5.45. The van der Waals surface area contributed by atoms with Crippen molar-refractivity contribution >= 4 is 0 Å². The Bertz CT molecular complexity index is 646. The molecule has 0 heterocycles. The fourth-order valence-corrected chi connectivity index (χ4v) is 3.60. The molecular weight excluding hydrogens is 312 g/mol. The minimum absolute atomic E-state index is 0.597. The average molecular weight is 347 g/mol. The molecule has 1 aliphatic rings. The normalized spacial score (nSPS) is 19.5. The van der Waals surface area contributed by atoms with Gasteiger partial charge in [-0.1, -0.05) is 75.3 Å². The van der Waals surface area contributed by atoms with Gasteiger partial charge in [-0.05, 0) is 74.3 Å². The van der Waals surface area contributed by atoms with Gasteiger partial charge in [-0.15, -0.1) is 0 Å². The third-order valence-corrected chi connectivity index (χ3v) is 5.45. The van der Waals surface area contributed by atoms with Gasteiger partial charge in [0.25, 0.3) is 0 Å². The molecule has 0 aliphatic heterocycles. The van der Waals surface area contributed by atoms with Crippen molar-refractivity contribution in [3.8, 4) is 23.7 Å². The Hall–Kier alpha value is -1.92. The van der Waals surface area contributed by atoms with Crippen LogP contribution in [0.1, 0.15) is 82.8 Å². The summed E-state index contributed by atoms with van der Waals surface area (Å²) in [6.45, 7) is 4.56. The first kappa shape index (κ1) is 20.4. The van der Waals surface area contributed by atoms with Crippen LogP contribution in [0, 0.1) is 35.5 Å². The van der Waals surface area contributed by atoms with Gasteiger partial charge < -0.3 is 0 Å². The van der Waals surface area contributed by atoms with E-state index in [4.69, 9.17) is 0 Å². The van der Waals surface area contributed by atoms with E-state index in [1.807, 2.05) is 12.2 Å². The Balaban J connectivity index is 1.72. The Labute approximate surface area is 161 Å². The van der Waals surface area contributed by atoms with Crippen molar-refractivity contribution in [3.63, 3.8) is 0 Å². The summed E-state index contributed by atoms with van der Waals surface area (Å²) in [6, 6.07) is 8.69. The van der Waals surface area contributed by atoms with Crippen molar-refractivity contribution in [3.05, 3.63) is 47.5 Å². The summed E-state index contributed by atoms with van der Waals surface area (Å²) in [5, 5.41) is 0. The van der Waals surface area contributed by atoms with Gasteiger partial charge in [0, 0.05) is 11.5 Å². The molecule has 0 nitrogen and oxygen atoms in total. The number of hydrogen-bond acceptors (Lipinski definition) is 0. The molecule has 138 valence electrons. The smallest absolute Gasteiger partial charge is 0.0249 e. The SMILES string of the molecule is CCCCCCc1ccc(C#C/C=C/C#CC2CCC(CC)CC2)cc1. The zero-order valence-electron chi connectivity index (χ0n) is 16.7. The van der Waals surface area contributed by atoms with Crippen molar-refractivity contribution in [2.24, 2.45) is 11.8 Å². The topological polar surface area (TPSA) is 0 Å². The van der Waals surface area contributed by atoms with E-state index in [0.717, 1.165) is 11.5 Å². The van der Waals surface area contributed by atoms with Gasteiger partial charge in [-0.25, -0.2) is 0 Å². The maximum Gasteiger partial charge on any atom is 0.0249 e. The highest BCUT2D eigenvalue weighted by Crippen LogP contribution is 2.29. The van der Waals surface area contributed by atoms with Gasteiger partial charge in [0.1, 0.15) is 0 Å². The van der Waals surface area contributed by atoms with Crippen LogP contribution in [0.25, 0.3) is 0 Å². The summed E-state index contributed by atoms with van der Waals surface area (Å²) in [7, 11) is 0. The number of rotatable bonds is 6. The number of aryl methyl sites for hydroxylation is 1. The van der Waals surface area contributed by atoms with Crippen molar-refractivity contribution in [1.82, 2.24) is 0 Å². The second-order valence-corrected chi connectivity index (χ2v) is 7.52. The standard InChI is InChI=1S/C26H34/c1-3-5-6-9-12-25-19-21-26(22-20-25)14-11-8-7-10-13-24-17-15-23(4-2)16-18-24/h7-8,19-24H,3-6,9,12,15-18H2,1-2H3/b8-7+. The Kier molecular flexibility index (Phi) is 9.75. The van der Waals surface area contributed by atoms with Crippen molar-refractivity contribution in [2.45, 2.75) is 78.1 Å². The second kappa shape index (κ2) is 12.4. The third kappa shape index (κ3) is 7.97. The molecule has 1 saturated carbocycles. The lowest BCUT2D eigenvalue weighted by atomic mass is 9.81. The van der Waals surface area contributed by atoms with Gasteiger partial charge in [0.2, 0.25) is 0 Å². The molecule has 0 N–H and O–H groups in total. The molecule has 2 rings (SSSR count). The van der Waals surface area contributed by atoms with Gasteiger partial charge in [-0.3, -0.25) is 0 Å². The molecule has 1 aromatic rings. The van der Waals surface area contributed by atoms with Crippen molar-refractivity contribution in [1.29, 1.82) is 0 Å². The summed E-state index contributed by atoms with van der Waals surface area (Å²) >= 11 is 0. The molecule has 1 fully saturated rings. The van der Waals surface area contributed by atoms with Crippen molar-refractivity contribution < 1.29 is 0 Å². The summed E-state index contributed by atoms with van der Waals surface area (Å²) in [5.41, 5.74) is 2.50. The molecule has 0 atom stereocenters. The van der Waals surface area contributed by atoms with E-state index in [1.165, 1.54) is 69.8 Å². The zero-order valence-corrected chi connectivity index (χ0v) is 16.7. The van der Waals surface area contributed by atoms with E-state index >= 15 is 0 Å². The number of hydrogen-bond donors (Lipinski definition) is 0. The van der Waals surface area contributed by atoms with E-state index in [1.54, 1.807) is 0 Å². The molecule has 1 aliphatic carbocycles. The van der Waals surface area contributed by atoms with Crippen LogP contribution in [0.4, 0.5) is 0 Å². The maximum absolute atomic E-state index is 3.40. The van der Waals surface area contributed by atoms with Crippen LogP contribution in [0.2, 0.25) is 0 Å². The van der Waals surface area contributed by atoms with E-state index in [2.05, 4.69) is 61.8 Å². The predicted molar refractivity (Wildman–Crippen MR) is 114 cm³/mol. The summed E-state index contributed by atoms with van der Waals surface area (Å²) in [4.78, 5) is 0. The molecule has 0 aromatic heterocycles. The fourth-order valence-electron chi connectivity index (χ4n) is 3.60. The van der Waals surface area contributed by atoms with E-state index in [-0.39, 0.29) is 0 Å². The van der Waals surface area contributed by atoms with Gasteiger partial charge >= 0.3 is 0 Å². The van der Waals surface area contributed by atoms with Crippen LogP contribution in [-0.4, -0.2) is 0 Å². The van der Waals surface area contributed by atoms with Crippen LogP contribution >= 0.6 is 0 Å². The molecule has 0 spiro atoms. The highest BCUT2D eigenvalue weighted by Gasteiger charge is 2.17. The Morgan fingerprint density at radius 2 is 1.62 bits per heavy atom. The van der Waals surface area contributed by atoms with Gasteiger partial charge in [0.15, 0.2) is 0 Å². The molecule has 0 bridgehead atoms. The van der Waals surface area contributed by atoms with E-state index < -0.39 is 0 Å². The molecule has 1 aromatic carbocycles. The quantitative estimate of drug-likeness (QED) is 0.387. The molecule has 0 radical (unpaired) electrons. The van der Waals surface area contributed by atoms with Crippen LogP contribution in [-0.2, 0) is 6.42 Å². The first-order chi connectivity index (χ1) is 12.8. The van der Waals surface area contributed by atoms with Crippen LogP contribution in [0.5, 0.6) is 0 Å². The number of unbranched alkanes of at least 4 members (excludes halogenated alkanes) is 3. The lowest BCUT2D eigenvalue weighted by Gasteiger charge is -2.24. The van der Waals surface area contributed by atoms with Gasteiger partial charge in [-0.2, -0.15) is 0 Å². The number of benzene rings is 1. The fraction of sp³-hybridized carbons (Fsp3) is 0.538. The van der Waals surface area contributed by atoms with Crippen molar-refractivity contribution in [2.75, 3.05) is 0 Å². The first-order valence-corrected chi connectivity index (χ1v) is 10.6. The summed E-state index contributed by atoms with van der Waals surface area (Å²) < 4.78 is 0. The van der Waals surface area contributed by atoms with Crippen LogP contribution in [0.3, 0.4) is 0 Å². The average Bonchev–Trinajstić information content (AvgIpc) is 2.69. The second-order valence-electron chi connectivity index (χ2n) is 7.52. The zero-order chi connectivity index (χ0) is 18.5. The minimum atomic E-state index is 0.597. The monoisotopic (exact) mass is 346 g/mol. The molecule has 0 heteroatoms. The van der Waals surface area contributed by atoms with E-state index in [0.29, 0.717) is 5.92 Å². The maximum atomic E-state index is 3.40. The highest BCUT2D eigenvalue weighted by atomic mass is 14.2. The largest absolute Gasteiger partial charge is 0.0951 e. The summed E-state index contributed by atoms with van der Waals surface area (Å²) in [5.74, 6) is 14.4. The molecule has 0 unspecified atom stereocenters. The number of allylic oxidation sites excluding steroid dienone is 2. The van der Waals surface area contributed by atoms with Crippen LogP contribution < -0.4 is 0 Å². The van der Waals surface area contributed by atoms with Gasteiger partial charge in [0.05, 0.1) is 0 Å². The summed E-state index contributed by atoms with van der Waals surface area (Å²) in [6.07, 6.45) is 16.8. The minimum Gasteiger partial charge on any atom is -0.0951 e. The predicted octanol–water partition coefficient (Wildman–Crippen LogP) is 6.94. The molecule has 26 heavy (non-hydrogen) atoms. The molecule has 0 amide bonds.